The molecule has 3 aromatic rings. The highest BCUT2D eigenvalue weighted by molar-refractivity contribution is 6.43. The molecule has 5 amide bonds. The Kier molecular flexibility index (Phi) is 7.99. The van der Waals surface area contributed by atoms with Crippen molar-refractivity contribution in [2.75, 3.05) is 23.9 Å². The molecule has 11 heteroatoms. The number of carbonyl (C=O) groups is 4. The van der Waals surface area contributed by atoms with Gasteiger partial charge in [-0.05, 0) is 61.0 Å². The lowest BCUT2D eigenvalue weighted by Crippen LogP contribution is -2.54. The standard InChI is InChI=1S/C27H21Cl2N3O6/c1-15-3-6-17(7-4-15)30-24(33)14-38-22-10-5-16(12-23(22)37-2)11-19-25(34)31-27(36)32(26(19)35)18-8-9-20(28)21(29)13-18/h3-13H,14H2,1-2H3,(H,30,33)(H,31,34,36)/b19-11+. The van der Waals surface area contributed by atoms with Crippen LogP contribution < -0.4 is 25.0 Å². The fraction of sp³-hybridized carbons (Fsp3) is 0.111. The van der Waals surface area contributed by atoms with Crippen LogP contribution in [0.5, 0.6) is 11.5 Å². The molecule has 9 nitrogen and oxygen atoms in total. The first-order valence-corrected chi connectivity index (χ1v) is 12.0. The van der Waals surface area contributed by atoms with Gasteiger partial charge < -0.3 is 14.8 Å². The monoisotopic (exact) mass is 553 g/mol. The lowest BCUT2D eigenvalue weighted by Gasteiger charge is -2.26. The van der Waals surface area contributed by atoms with Gasteiger partial charge in [0, 0.05) is 5.69 Å². The van der Waals surface area contributed by atoms with E-state index in [1.54, 1.807) is 18.2 Å². The summed E-state index contributed by atoms with van der Waals surface area (Å²) in [6.45, 7) is 1.68. The number of carbonyl (C=O) groups excluding carboxylic acids is 4. The number of hydrogen-bond acceptors (Lipinski definition) is 6. The van der Waals surface area contributed by atoms with Crippen LogP contribution in [0.4, 0.5) is 16.2 Å². The minimum atomic E-state index is -0.916. The quantitative estimate of drug-likeness (QED) is 0.314. The molecule has 0 spiro atoms. The highest BCUT2D eigenvalue weighted by Gasteiger charge is 2.37. The van der Waals surface area contributed by atoms with Gasteiger partial charge in [0.05, 0.1) is 22.8 Å². The molecule has 3 aromatic carbocycles. The zero-order valence-corrected chi connectivity index (χ0v) is 21.7. The second-order valence-electron chi connectivity index (χ2n) is 8.17. The van der Waals surface area contributed by atoms with Crippen LogP contribution in [0.15, 0.2) is 66.2 Å². The number of ether oxygens (including phenoxy) is 2. The van der Waals surface area contributed by atoms with Gasteiger partial charge >= 0.3 is 6.03 Å². The second kappa shape index (κ2) is 11.4. The maximum absolute atomic E-state index is 13.1. The van der Waals surface area contributed by atoms with E-state index in [0.29, 0.717) is 11.3 Å². The van der Waals surface area contributed by atoms with E-state index in [1.807, 2.05) is 19.1 Å². The summed E-state index contributed by atoms with van der Waals surface area (Å²) in [4.78, 5) is 51.1. The van der Waals surface area contributed by atoms with Gasteiger partial charge in [0.1, 0.15) is 5.57 Å². The topological polar surface area (TPSA) is 114 Å². The summed E-state index contributed by atoms with van der Waals surface area (Å²) in [5.41, 5.74) is 1.98. The molecule has 194 valence electrons. The van der Waals surface area contributed by atoms with Crippen LogP contribution in [0, 0.1) is 6.92 Å². The molecular formula is C27H21Cl2N3O6. The van der Waals surface area contributed by atoms with E-state index in [4.69, 9.17) is 32.7 Å². The van der Waals surface area contributed by atoms with Crippen molar-refractivity contribution in [1.82, 2.24) is 5.32 Å². The maximum Gasteiger partial charge on any atom is 0.335 e. The Bertz CT molecular complexity index is 1470. The summed E-state index contributed by atoms with van der Waals surface area (Å²) in [6, 6.07) is 15.3. The van der Waals surface area contributed by atoms with E-state index in [1.165, 1.54) is 43.5 Å². The van der Waals surface area contributed by atoms with E-state index in [9.17, 15) is 19.2 Å². The van der Waals surface area contributed by atoms with Crippen molar-refractivity contribution >= 4 is 64.4 Å². The molecule has 0 radical (unpaired) electrons. The molecule has 0 bridgehead atoms. The number of urea groups is 1. The Morgan fingerprint density at radius 2 is 1.71 bits per heavy atom. The molecule has 1 aliphatic heterocycles. The van der Waals surface area contributed by atoms with E-state index in [-0.39, 0.29) is 45.3 Å². The van der Waals surface area contributed by atoms with Gasteiger partial charge in [0.2, 0.25) is 0 Å². The van der Waals surface area contributed by atoms with Crippen molar-refractivity contribution in [2.24, 2.45) is 0 Å². The van der Waals surface area contributed by atoms with Crippen molar-refractivity contribution in [3.63, 3.8) is 0 Å². The number of imide groups is 2. The molecule has 4 rings (SSSR count). The Hall–Kier alpha value is -4.34. The van der Waals surface area contributed by atoms with Crippen LogP contribution >= 0.6 is 23.2 Å². The fourth-order valence-electron chi connectivity index (χ4n) is 3.55. The number of hydrogen-bond donors (Lipinski definition) is 2. The number of methoxy groups -OCH3 is 1. The minimum Gasteiger partial charge on any atom is -0.493 e. The zero-order valence-electron chi connectivity index (χ0n) is 20.2. The Balaban J connectivity index is 1.51. The van der Waals surface area contributed by atoms with Crippen LogP contribution in [0.2, 0.25) is 10.0 Å². The Labute approximate surface area is 227 Å². The van der Waals surface area contributed by atoms with Crippen molar-refractivity contribution in [3.05, 3.63) is 87.4 Å². The van der Waals surface area contributed by atoms with Crippen LogP contribution in [0.25, 0.3) is 6.08 Å². The zero-order chi connectivity index (χ0) is 27.4. The summed E-state index contributed by atoms with van der Waals surface area (Å²) < 4.78 is 11.0. The molecule has 1 saturated heterocycles. The third kappa shape index (κ3) is 5.96. The molecule has 1 heterocycles. The Morgan fingerprint density at radius 1 is 0.974 bits per heavy atom. The van der Waals surface area contributed by atoms with Gasteiger partial charge in [-0.2, -0.15) is 0 Å². The average Bonchev–Trinajstić information content (AvgIpc) is 2.89. The predicted octanol–water partition coefficient (Wildman–Crippen LogP) is 4.99. The number of benzene rings is 3. The van der Waals surface area contributed by atoms with Gasteiger partial charge in [-0.15, -0.1) is 0 Å². The first kappa shape index (κ1) is 26.7. The maximum atomic E-state index is 13.1. The molecular weight excluding hydrogens is 533 g/mol. The van der Waals surface area contributed by atoms with Crippen LogP contribution in [-0.4, -0.2) is 37.5 Å². The number of halogens is 2. The molecule has 1 aliphatic rings. The van der Waals surface area contributed by atoms with Gasteiger partial charge in [0.15, 0.2) is 18.1 Å². The van der Waals surface area contributed by atoms with E-state index < -0.39 is 17.8 Å². The second-order valence-corrected chi connectivity index (χ2v) is 8.98. The number of anilines is 2. The average molecular weight is 554 g/mol. The highest BCUT2D eigenvalue weighted by Crippen LogP contribution is 2.31. The lowest BCUT2D eigenvalue weighted by atomic mass is 10.1. The van der Waals surface area contributed by atoms with Gasteiger partial charge in [-0.3, -0.25) is 19.7 Å². The van der Waals surface area contributed by atoms with Crippen molar-refractivity contribution in [2.45, 2.75) is 6.92 Å². The van der Waals surface area contributed by atoms with Crippen molar-refractivity contribution in [3.8, 4) is 11.5 Å². The summed E-state index contributed by atoms with van der Waals surface area (Å²) in [5, 5.41) is 5.26. The number of barbiturate groups is 1. The number of rotatable bonds is 7. The summed E-state index contributed by atoms with van der Waals surface area (Å²) >= 11 is 12.0. The third-order valence-corrected chi connectivity index (χ3v) is 6.19. The van der Waals surface area contributed by atoms with E-state index >= 15 is 0 Å². The highest BCUT2D eigenvalue weighted by atomic mass is 35.5. The fourth-order valence-corrected chi connectivity index (χ4v) is 3.85. The number of nitrogens with zero attached hydrogens (tertiary/aromatic N) is 1. The molecule has 2 N–H and O–H groups in total. The molecule has 0 aliphatic carbocycles. The van der Waals surface area contributed by atoms with Gasteiger partial charge in [-0.25, -0.2) is 9.69 Å². The van der Waals surface area contributed by atoms with E-state index in [0.717, 1.165) is 10.5 Å². The molecule has 38 heavy (non-hydrogen) atoms. The van der Waals surface area contributed by atoms with Gasteiger partial charge in [-0.1, -0.05) is 47.0 Å². The number of amides is 5. The van der Waals surface area contributed by atoms with Crippen molar-refractivity contribution < 1.29 is 28.7 Å². The first-order chi connectivity index (χ1) is 18.2. The molecule has 0 saturated carbocycles. The smallest absolute Gasteiger partial charge is 0.335 e. The van der Waals surface area contributed by atoms with Gasteiger partial charge in [0.25, 0.3) is 17.7 Å². The summed E-state index contributed by atoms with van der Waals surface area (Å²) in [7, 11) is 1.41. The normalized spacial score (nSPS) is 14.4. The van der Waals surface area contributed by atoms with Crippen LogP contribution in [0.3, 0.4) is 0 Å². The van der Waals surface area contributed by atoms with E-state index in [2.05, 4.69) is 10.6 Å². The third-order valence-electron chi connectivity index (χ3n) is 5.46. The molecule has 1 fully saturated rings. The summed E-state index contributed by atoms with van der Waals surface area (Å²) in [6.07, 6.45) is 1.31. The van der Waals surface area contributed by atoms with Crippen LogP contribution in [0.1, 0.15) is 11.1 Å². The lowest BCUT2D eigenvalue weighted by molar-refractivity contribution is -0.122. The number of aryl methyl sites for hydroxylation is 1. The van der Waals surface area contributed by atoms with Crippen molar-refractivity contribution in [1.29, 1.82) is 0 Å². The Morgan fingerprint density at radius 3 is 2.39 bits per heavy atom. The molecule has 0 unspecified atom stereocenters. The van der Waals surface area contributed by atoms with Crippen LogP contribution in [-0.2, 0) is 14.4 Å². The minimum absolute atomic E-state index is 0.139. The molecule has 0 aromatic heterocycles. The largest absolute Gasteiger partial charge is 0.493 e. The SMILES string of the molecule is COc1cc(/C=C2\C(=O)NC(=O)N(c3ccc(Cl)c(Cl)c3)C2=O)ccc1OCC(=O)Nc1ccc(C)cc1. The number of nitrogens with one attached hydrogen (secondary N) is 2. The predicted molar refractivity (Wildman–Crippen MR) is 144 cm³/mol. The summed E-state index contributed by atoms with van der Waals surface area (Å²) in [5.74, 6) is -1.52. The first-order valence-electron chi connectivity index (χ1n) is 11.2. The molecule has 0 atom stereocenters.